The van der Waals surface area contributed by atoms with E-state index in [0.717, 1.165) is 6.42 Å². The van der Waals surface area contributed by atoms with E-state index < -0.39 is 0 Å². The molecule has 3 nitrogen and oxygen atoms in total. The van der Waals surface area contributed by atoms with E-state index in [0.29, 0.717) is 6.42 Å². The molecule has 94 valence electrons. The van der Waals surface area contributed by atoms with Crippen LogP contribution in [0.5, 0.6) is 0 Å². The molecule has 0 fully saturated rings. The standard InChI is InChI=1S/C14H22N2O/c1-4-12-5-7-13(8-6-12)11(3)16-10(2)9-14(15)17/h5-8,10-11,16H,4,9H2,1-3H3,(H2,15,17)/t10-,11+/m0/s1. The van der Waals surface area contributed by atoms with Crippen molar-refractivity contribution >= 4 is 5.91 Å². The van der Waals surface area contributed by atoms with Crippen LogP contribution in [-0.4, -0.2) is 11.9 Å². The lowest BCUT2D eigenvalue weighted by molar-refractivity contribution is -0.118. The monoisotopic (exact) mass is 234 g/mol. The summed E-state index contributed by atoms with van der Waals surface area (Å²) in [6, 6.07) is 8.89. The minimum Gasteiger partial charge on any atom is -0.370 e. The van der Waals surface area contributed by atoms with Gasteiger partial charge in [-0.15, -0.1) is 0 Å². The Balaban J connectivity index is 2.56. The molecule has 2 atom stereocenters. The van der Waals surface area contributed by atoms with E-state index in [1.165, 1.54) is 11.1 Å². The molecule has 1 rings (SSSR count). The first-order valence-corrected chi connectivity index (χ1v) is 6.16. The Morgan fingerprint density at radius 1 is 1.29 bits per heavy atom. The third kappa shape index (κ3) is 4.57. The zero-order valence-corrected chi connectivity index (χ0v) is 10.9. The van der Waals surface area contributed by atoms with Gasteiger partial charge in [0, 0.05) is 18.5 Å². The van der Waals surface area contributed by atoms with E-state index in [-0.39, 0.29) is 18.0 Å². The highest BCUT2D eigenvalue weighted by Crippen LogP contribution is 2.14. The molecule has 0 spiro atoms. The van der Waals surface area contributed by atoms with Gasteiger partial charge < -0.3 is 11.1 Å². The molecule has 0 saturated carbocycles. The molecule has 0 heterocycles. The van der Waals surface area contributed by atoms with Crippen LogP contribution in [0.2, 0.25) is 0 Å². The first kappa shape index (κ1) is 13.7. The molecule has 0 aliphatic rings. The van der Waals surface area contributed by atoms with E-state index in [4.69, 9.17) is 5.73 Å². The predicted octanol–water partition coefficient (Wildman–Crippen LogP) is 2.16. The maximum Gasteiger partial charge on any atom is 0.218 e. The summed E-state index contributed by atoms with van der Waals surface area (Å²) in [7, 11) is 0. The van der Waals surface area contributed by atoms with Crippen molar-refractivity contribution in [2.24, 2.45) is 5.73 Å². The molecular weight excluding hydrogens is 212 g/mol. The number of nitrogens with one attached hydrogen (secondary N) is 1. The van der Waals surface area contributed by atoms with Gasteiger partial charge in [0.15, 0.2) is 0 Å². The van der Waals surface area contributed by atoms with Crippen molar-refractivity contribution in [2.45, 2.75) is 45.7 Å². The second-order valence-corrected chi connectivity index (χ2v) is 4.55. The number of carbonyl (C=O) groups is 1. The van der Waals surface area contributed by atoms with Crippen LogP contribution in [0.3, 0.4) is 0 Å². The van der Waals surface area contributed by atoms with Crippen LogP contribution in [0.25, 0.3) is 0 Å². The number of amides is 1. The van der Waals surface area contributed by atoms with Crippen LogP contribution in [0.1, 0.15) is 44.4 Å². The molecule has 0 unspecified atom stereocenters. The van der Waals surface area contributed by atoms with Gasteiger partial charge in [0.2, 0.25) is 5.91 Å². The Morgan fingerprint density at radius 3 is 2.35 bits per heavy atom. The molecule has 0 saturated heterocycles. The van der Waals surface area contributed by atoms with Crippen molar-refractivity contribution in [2.75, 3.05) is 0 Å². The second kappa shape index (κ2) is 6.40. The van der Waals surface area contributed by atoms with Gasteiger partial charge in [-0.25, -0.2) is 0 Å². The van der Waals surface area contributed by atoms with Gasteiger partial charge >= 0.3 is 0 Å². The Morgan fingerprint density at radius 2 is 1.88 bits per heavy atom. The highest BCUT2D eigenvalue weighted by Gasteiger charge is 2.11. The van der Waals surface area contributed by atoms with E-state index in [2.05, 4.69) is 43.4 Å². The number of nitrogens with two attached hydrogens (primary N) is 1. The lowest BCUT2D eigenvalue weighted by Crippen LogP contribution is -2.32. The van der Waals surface area contributed by atoms with Crippen LogP contribution in [-0.2, 0) is 11.2 Å². The van der Waals surface area contributed by atoms with Crippen molar-refractivity contribution in [3.63, 3.8) is 0 Å². The second-order valence-electron chi connectivity index (χ2n) is 4.55. The van der Waals surface area contributed by atoms with E-state index in [1.54, 1.807) is 0 Å². The van der Waals surface area contributed by atoms with Crippen molar-refractivity contribution in [3.8, 4) is 0 Å². The average molecular weight is 234 g/mol. The van der Waals surface area contributed by atoms with Gasteiger partial charge in [0.1, 0.15) is 0 Å². The quantitative estimate of drug-likeness (QED) is 0.792. The topological polar surface area (TPSA) is 55.1 Å². The molecule has 3 N–H and O–H groups in total. The minimum absolute atomic E-state index is 0.105. The number of benzene rings is 1. The highest BCUT2D eigenvalue weighted by molar-refractivity contribution is 5.74. The van der Waals surface area contributed by atoms with Crippen LogP contribution >= 0.6 is 0 Å². The van der Waals surface area contributed by atoms with Crippen molar-refractivity contribution in [3.05, 3.63) is 35.4 Å². The van der Waals surface area contributed by atoms with E-state index in [9.17, 15) is 4.79 Å². The Kier molecular flexibility index (Phi) is 5.16. The van der Waals surface area contributed by atoms with Crippen molar-refractivity contribution < 1.29 is 4.79 Å². The first-order valence-electron chi connectivity index (χ1n) is 6.16. The number of aryl methyl sites for hydroxylation is 1. The molecular formula is C14H22N2O. The average Bonchev–Trinajstić information content (AvgIpc) is 2.28. The van der Waals surface area contributed by atoms with Gasteiger partial charge in [-0.1, -0.05) is 31.2 Å². The van der Waals surface area contributed by atoms with Crippen molar-refractivity contribution in [1.82, 2.24) is 5.32 Å². The summed E-state index contributed by atoms with van der Waals surface area (Å²) >= 11 is 0. The zero-order valence-electron chi connectivity index (χ0n) is 10.9. The fraction of sp³-hybridized carbons (Fsp3) is 0.500. The lowest BCUT2D eigenvalue weighted by atomic mass is 10.0. The number of primary amides is 1. The fourth-order valence-electron chi connectivity index (χ4n) is 1.93. The predicted molar refractivity (Wildman–Crippen MR) is 70.6 cm³/mol. The first-order chi connectivity index (χ1) is 8.02. The molecule has 0 aliphatic heterocycles. The van der Waals surface area contributed by atoms with Crippen LogP contribution < -0.4 is 11.1 Å². The summed E-state index contributed by atoms with van der Waals surface area (Å²) in [5, 5.41) is 3.36. The van der Waals surface area contributed by atoms with Gasteiger partial charge in [0.05, 0.1) is 0 Å². The van der Waals surface area contributed by atoms with Crippen LogP contribution in [0.15, 0.2) is 24.3 Å². The molecule has 1 amide bonds. The maximum absolute atomic E-state index is 10.8. The molecule has 1 aromatic rings. The summed E-state index contributed by atoms with van der Waals surface area (Å²) in [6.45, 7) is 6.21. The summed E-state index contributed by atoms with van der Waals surface area (Å²) in [6.07, 6.45) is 1.43. The van der Waals surface area contributed by atoms with Crippen LogP contribution in [0.4, 0.5) is 0 Å². The third-order valence-corrected chi connectivity index (χ3v) is 2.93. The number of hydrogen-bond donors (Lipinski definition) is 2. The maximum atomic E-state index is 10.8. The Hall–Kier alpha value is -1.35. The molecule has 17 heavy (non-hydrogen) atoms. The number of rotatable bonds is 6. The fourth-order valence-corrected chi connectivity index (χ4v) is 1.93. The summed E-state index contributed by atoms with van der Waals surface area (Å²) in [5.74, 6) is -0.265. The number of hydrogen-bond acceptors (Lipinski definition) is 2. The van der Waals surface area contributed by atoms with E-state index >= 15 is 0 Å². The zero-order chi connectivity index (χ0) is 12.8. The molecule has 0 radical (unpaired) electrons. The Labute approximate surface area is 103 Å². The highest BCUT2D eigenvalue weighted by atomic mass is 16.1. The van der Waals surface area contributed by atoms with Gasteiger partial charge in [-0.05, 0) is 31.4 Å². The third-order valence-electron chi connectivity index (χ3n) is 2.93. The normalized spacial score (nSPS) is 14.3. The van der Waals surface area contributed by atoms with Crippen LogP contribution in [0, 0.1) is 0 Å². The van der Waals surface area contributed by atoms with Gasteiger partial charge in [-0.2, -0.15) is 0 Å². The number of carbonyl (C=O) groups excluding carboxylic acids is 1. The van der Waals surface area contributed by atoms with Gasteiger partial charge in [0.25, 0.3) is 0 Å². The molecule has 1 aromatic carbocycles. The Bertz CT molecular complexity index is 359. The van der Waals surface area contributed by atoms with Gasteiger partial charge in [-0.3, -0.25) is 4.79 Å². The molecule has 3 heteroatoms. The summed E-state index contributed by atoms with van der Waals surface area (Å²) < 4.78 is 0. The molecule has 0 aliphatic carbocycles. The van der Waals surface area contributed by atoms with E-state index in [1.807, 2.05) is 6.92 Å². The van der Waals surface area contributed by atoms with Crippen molar-refractivity contribution in [1.29, 1.82) is 0 Å². The summed E-state index contributed by atoms with van der Waals surface area (Å²) in [5.41, 5.74) is 7.74. The SMILES string of the molecule is CCc1ccc([C@@H](C)N[C@@H](C)CC(N)=O)cc1. The summed E-state index contributed by atoms with van der Waals surface area (Å²) in [4.78, 5) is 10.8. The lowest BCUT2D eigenvalue weighted by Gasteiger charge is -2.19. The minimum atomic E-state index is -0.265. The molecule has 0 aromatic heterocycles. The molecule has 0 bridgehead atoms. The smallest absolute Gasteiger partial charge is 0.218 e. The largest absolute Gasteiger partial charge is 0.370 e.